The summed E-state index contributed by atoms with van der Waals surface area (Å²) in [7, 11) is 0. The van der Waals surface area contributed by atoms with Crippen LogP contribution in [0.25, 0.3) is 0 Å². The number of hydrogen-bond acceptors (Lipinski definition) is 3. The van der Waals surface area contributed by atoms with Crippen LogP contribution in [0, 0.1) is 0 Å². The molecular formula is C12H10BrNS2. The SMILES string of the molecule is Nc1cc(Sc2cccc(Br)c2)ccc1S. The van der Waals surface area contributed by atoms with Crippen molar-refractivity contribution in [3.8, 4) is 0 Å². The fourth-order valence-corrected chi connectivity index (χ4v) is 2.88. The Labute approximate surface area is 113 Å². The van der Waals surface area contributed by atoms with Crippen LogP contribution in [0.2, 0.25) is 0 Å². The van der Waals surface area contributed by atoms with Crippen LogP contribution in [0.15, 0.2) is 61.6 Å². The van der Waals surface area contributed by atoms with Crippen LogP contribution >= 0.6 is 40.3 Å². The zero-order valence-electron chi connectivity index (χ0n) is 8.35. The van der Waals surface area contributed by atoms with Crippen molar-refractivity contribution in [3.63, 3.8) is 0 Å². The van der Waals surface area contributed by atoms with Gasteiger partial charge in [-0.15, -0.1) is 12.6 Å². The van der Waals surface area contributed by atoms with Crippen molar-refractivity contribution in [3.05, 3.63) is 46.9 Å². The van der Waals surface area contributed by atoms with Crippen molar-refractivity contribution in [2.45, 2.75) is 14.7 Å². The summed E-state index contributed by atoms with van der Waals surface area (Å²) in [6.45, 7) is 0. The number of anilines is 1. The van der Waals surface area contributed by atoms with Crippen LogP contribution in [-0.2, 0) is 0 Å². The lowest BCUT2D eigenvalue weighted by Gasteiger charge is -2.04. The highest BCUT2D eigenvalue weighted by molar-refractivity contribution is 9.10. The molecule has 0 unspecified atom stereocenters. The molecule has 0 bridgehead atoms. The summed E-state index contributed by atoms with van der Waals surface area (Å²) >= 11 is 9.38. The summed E-state index contributed by atoms with van der Waals surface area (Å²) < 4.78 is 1.08. The third kappa shape index (κ3) is 2.97. The van der Waals surface area contributed by atoms with Crippen LogP contribution in [0.1, 0.15) is 0 Å². The molecule has 4 heteroatoms. The quantitative estimate of drug-likeness (QED) is 0.632. The average molecular weight is 312 g/mol. The minimum absolute atomic E-state index is 0.711. The first-order valence-electron chi connectivity index (χ1n) is 4.67. The Morgan fingerprint density at radius 3 is 2.50 bits per heavy atom. The average Bonchev–Trinajstić information content (AvgIpc) is 2.24. The molecule has 0 saturated heterocycles. The van der Waals surface area contributed by atoms with Crippen molar-refractivity contribution < 1.29 is 0 Å². The molecule has 0 saturated carbocycles. The lowest BCUT2D eigenvalue weighted by Crippen LogP contribution is -1.86. The van der Waals surface area contributed by atoms with Crippen molar-refractivity contribution in [2.24, 2.45) is 0 Å². The predicted octanol–water partition coefficient (Wildman–Crippen LogP) is 4.47. The molecule has 2 N–H and O–H groups in total. The fourth-order valence-electron chi connectivity index (χ4n) is 1.26. The first-order valence-corrected chi connectivity index (χ1v) is 6.73. The third-order valence-electron chi connectivity index (χ3n) is 2.03. The fraction of sp³-hybridized carbons (Fsp3) is 0. The van der Waals surface area contributed by atoms with Crippen LogP contribution in [0.5, 0.6) is 0 Å². The van der Waals surface area contributed by atoms with Crippen LogP contribution in [-0.4, -0.2) is 0 Å². The second-order valence-corrected chi connectivity index (χ2v) is 5.82. The molecule has 2 aromatic rings. The van der Waals surface area contributed by atoms with E-state index in [4.69, 9.17) is 5.73 Å². The zero-order chi connectivity index (χ0) is 11.5. The summed E-state index contributed by atoms with van der Waals surface area (Å²) in [4.78, 5) is 3.12. The molecule has 1 nitrogen and oxygen atoms in total. The van der Waals surface area contributed by atoms with E-state index in [1.165, 1.54) is 4.90 Å². The van der Waals surface area contributed by atoms with Gasteiger partial charge in [0.1, 0.15) is 0 Å². The maximum atomic E-state index is 5.81. The molecule has 2 rings (SSSR count). The predicted molar refractivity (Wildman–Crippen MR) is 76.4 cm³/mol. The van der Waals surface area contributed by atoms with E-state index in [0.29, 0.717) is 5.69 Å². The summed E-state index contributed by atoms with van der Waals surface area (Å²) in [5.41, 5.74) is 6.52. The van der Waals surface area contributed by atoms with Crippen molar-refractivity contribution in [1.82, 2.24) is 0 Å². The van der Waals surface area contributed by atoms with Crippen molar-refractivity contribution >= 4 is 46.0 Å². The van der Waals surface area contributed by atoms with E-state index in [-0.39, 0.29) is 0 Å². The van der Waals surface area contributed by atoms with Gasteiger partial charge in [-0.3, -0.25) is 0 Å². The molecule has 0 aliphatic rings. The second-order valence-electron chi connectivity index (χ2n) is 3.28. The van der Waals surface area contributed by atoms with E-state index in [1.54, 1.807) is 11.8 Å². The monoisotopic (exact) mass is 311 g/mol. The summed E-state index contributed by atoms with van der Waals surface area (Å²) in [6.07, 6.45) is 0. The maximum Gasteiger partial charge on any atom is 0.0460 e. The van der Waals surface area contributed by atoms with Gasteiger partial charge in [-0.2, -0.15) is 0 Å². The summed E-state index contributed by atoms with van der Waals surface area (Å²) in [5.74, 6) is 0. The minimum atomic E-state index is 0.711. The van der Waals surface area contributed by atoms with Gasteiger partial charge in [0, 0.05) is 24.8 Å². The molecule has 0 fully saturated rings. The first kappa shape index (κ1) is 11.9. The first-order chi connectivity index (χ1) is 7.65. The molecule has 2 aromatic carbocycles. The Hall–Kier alpha value is -0.580. The van der Waals surface area contributed by atoms with E-state index >= 15 is 0 Å². The Bertz CT molecular complexity index is 514. The Morgan fingerprint density at radius 1 is 1.06 bits per heavy atom. The molecular weight excluding hydrogens is 302 g/mol. The van der Waals surface area contributed by atoms with Crippen molar-refractivity contribution in [1.29, 1.82) is 0 Å². The molecule has 0 amide bonds. The third-order valence-corrected chi connectivity index (χ3v) is 3.91. The number of hydrogen-bond donors (Lipinski definition) is 2. The Balaban J connectivity index is 2.24. The largest absolute Gasteiger partial charge is 0.398 e. The molecule has 82 valence electrons. The standard InChI is InChI=1S/C12H10BrNS2/c13-8-2-1-3-9(6-8)16-10-4-5-12(15)11(14)7-10/h1-7,15H,14H2. The molecule has 0 radical (unpaired) electrons. The lowest BCUT2D eigenvalue weighted by atomic mass is 10.3. The van der Waals surface area contributed by atoms with E-state index in [2.05, 4.69) is 40.7 Å². The highest BCUT2D eigenvalue weighted by Crippen LogP contribution is 2.32. The van der Waals surface area contributed by atoms with Gasteiger partial charge in [-0.25, -0.2) is 0 Å². The van der Waals surface area contributed by atoms with Crippen LogP contribution in [0.3, 0.4) is 0 Å². The number of nitrogens with two attached hydrogens (primary N) is 1. The van der Waals surface area contributed by atoms with E-state index < -0.39 is 0 Å². The number of rotatable bonds is 2. The topological polar surface area (TPSA) is 26.0 Å². The number of halogens is 1. The van der Waals surface area contributed by atoms with E-state index in [9.17, 15) is 0 Å². The number of benzene rings is 2. The zero-order valence-corrected chi connectivity index (χ0v) is 11.6. The van der Waals surface area contributed by atoms with Gasteiger partial charge in [0.2, 0.25) is 0 Å². The number of thiol groups is 1. The molecule has 16 heavy (non-hydrogen) atoms. The highest BCUT2D eigenvalue weighted by Gasteiger charge is 2.00. The van der Waals surface area contributed by atoms with Gasteiger partial charge >= 0.3 is 0 Å². The van der Waals surface area contributed by atoms with E-state index in [0.717, 1.165) is 14.3 Å². The van der Waals surface area contributed by atoms with Gasteiger partial charge in [0.05, 0.1) is 0 Å². The summed E-state index contributed by atoms with van der Waals surface area (Å²) in [5, 5.41) is 0. The molecule has 0 heterocycles. The lowest BCUT2D eigenvalue weighted by molar-refractivity contribution is 1.35. The molecule has 0 aromatic heterocycles. The van der Waals surface area contributed by atoms with Gasteiger partial charge < -0.3 is 5.73 Å². The normalized spacial score (nSPS) is 10.4. The Morgan fingerprint density at radius 2 is 1.81 bits per heavy atom. The van der Waals surface area contributed by atoms with Crippen molar-refractivity contribution in [2.75, 3.05) is 5.73 Å². The summed E-state index contributed by atoms with van der Waals surface area (Å²) in [6, 6.07) is 14.0. The Kier molecular flexibility index (Phi) is 3.84. The molecule has 0 aliphatic heterocycles. The van der Waals surface area contributed by atoms with Gasteiger partial charge in [-0.05, 0) is 36.4 Å². The maximum absolute atomic E-state index is 5.81. The second kappa shape index (κ2) is 5.17. The molecule has 0 aliphatic carbocycles. The van der Waals surface area contributed by atoms with Gasteiger partial charge in [0.25, 0.3) is 0 Å². The van der Waals surface area contributed by atoms with Crippen LogP contribution in [0.4, 0.5) is 5.69 Å². The van der Waals surface area contributed by atoms with Crippen LogP contribution < -0.4 is 5.73 Å². The smallest absolute Gasteiger partial charge is 0.0460 e. The van der Waals surface area contributed by atoms with E-state index in [1.807, 2.05) is 30.3 Å². The minimum Gasteiger partial charge on any atom is -0.398 e. The molecule has 0 atom stereocenters. The van der Waals surface area contributed by atoms with Gasteiger partial charge in [-0.1, -0.05) is 33.8 Å². The molecule has 0 spiro atoms. The highest BCUT2D eigenvalue weighted by atomic mass is 79.9. The number of nitrogen functional groups attached to an aromatic ring is 1. The van der Waals surface area contributed by atoms with Gasteiger partial charge in [0.15, 0.2) is 0 Å².